The van der Waals surface area contributed by atoms with E-state index >= 15 is 0 Å². The number of aromatic nitrogens is 2. The van der Waals surface area contributed by atoms with E-state index in [-0.39, 0.29) is 16.8 Å². The molecule has 1 amide bonds. The van der Waals surface area contributed by atoms with Crippen molar-refractivity contribution in [2.75, 3.05) is 16.8 Å². The quantitative estimate of drug-likeness (QED) is 0.823. The summed E-state index contributed by atoms with van der Waals surface area (Å²) in [5.41, 5.74) is 0.565. The first-order valence-corrected chi connectivity index (χ1v) is 6.39. The van der Waals surface area contributed by atoms with E-state index in [9.17, 15) is 13.6 Å². The monoisotopic (exact) mass is 310 g/mol. The fourth-order valence-corrected chi connectivity index (χ4v) is 2.16. The van der Waals surface area contributed by atoms with Gasteiger partial charge in [-0.3, -0.25) is 4.79 Å². The zero-order valence-corrected chi connectivity index (χ0v) is 11.3. The van der Waals surface area contributed by atoms with Gasteiger partial charge < -0.3 is 10.2 Å². The van der Waals surface area contributed by atoms with E-state index in [1.54, 1.807) is 30.3 Å². The summed E-state index contributed by atoms with van der Waals surface area (Å²) in [5.74, 6) is -4.83. The Morgan fingerprint density at radius 1 is 1.29 bits per heavy atom. The highest BCUT2D eigenvalue weighted by Gasteiger charge is 2.44. The third-order valence-electron chi connectivity index (χ3n) is 3.00. The van der Waals surface area contributed by atoms with Crippen molar-refractivity contribution in [1.82, 2.24) is 9.97 Å². The summed E-state index contributed by atoms with van der Waals surface area (Å²) in [6, 6.07) is 8.46. The highest BCUT2D eigenvalue weighted by Crippen LogP contribution is 2.36. The van der Waals surface area contributed by atoms with Crippen LogP contribution in [0.25, 0.3) is 0 Å². The topological polar surface area (TPSA) is 58.1 Å². The van der Waals surface area contributed by atoms with E-state index in [4.69, 9.17) is 11.6 Å². The summed E-state index contributed by atoms with van der Waals surface area (Å²) < 4.78 is 27.8. The van der Waals surface area contributed by atoms with Crippen LogP contribution < -0.4 is 10.2 Å². The first-order chi connectivity index (χ1) is 9.97. The lowest BCUT2D eigenvalue weighted by molar-refractivity contribution is -0.137. The number of hydrogen-bond donors (Lipinski definition) is 1. The predicted octanol–water partition coefficient (Wildman–Crippen LogP) is 2.86. The molecular formula is C13H9ClF2N4O. The van der Waals surface area contributed by atoms with E-state index in [0.717, 1.165) is 0 Å². The number of amides is 1. The van der Waals surface area contributed by atoms with Crippen LogP contribution in [0, 0.1) is 0 Å². The molecule has 0 saturated heterocycles. The standard InChI is InChI=1S/C13H9ClF2N4O/c14-12-17-6-9-10(19-12)20(8-4-2-1-3-5-8)7-13(15,16)11(21)18-9/h1-6H,7H2,(H,18,21). The van der Waals surface area contributed by atoms with E-state index in [2.05, 4.69) is 15.3 Å². The van der Waals surface area contributed by atoms with Crippen molar-refractivity contribution < 1.29 is 13.6 Å². The van der Waals surface area contributed by atoms with Crippen LogP contribution in [-0.4, -0.2) is 28.3 Å². The number of halogens is 3. The second kappa shape index (κ2) is 4.92. The molecule has 0 fully saturated rings. The van der Waals surface area contributed by atoms with Gasteiger partial charge in [-0.2, -0.15) is 13.8 Å². The molecule has 108 valence electrons. The maximum atomic E-state index is 13.9. The molecule has 1 N–H and O–H groups in total. The summed E-state index contributed by atoms with van der Waals surface area (Å²) in [4.78, 5) is 20.5. The van der Waals surface area contributed by atoms with Crippen molar-refractivity contribution in [2.45, 2.75) is 5.92 Å². The largest absolute Gasteiger partial charge is 0.342 e. The van der Waals surface area contributed by atoms with Crippen molar-refractivity contribution in [3.05, 3.63) is 41.8 Å². The summed E-state index contributed by atoms with van der Waals surface area (Å²) in [5, 5.41) is 2.04. The molecule has 1 aromatic heterocycles. The molecule has 0 saturated carbocycles. The van der Waals surface area contributed by atoms with Crippen molar-refractivity contribution in [1.29, 1.82) is 0 Å². The van der Waals surface area contributed by atoms with Gasteiger partial charge in [0.15, 0.2) is 5.82 Å². The number of hydrogen-bond acceptors (Lipinski definition) is 4. The lowest BCUT2D eigenvalue weighted by Crippen LogP contribution is -2.41. The number of para-hydroxylation sites is 1. The minimum absolute atomic E-state index is 0.0884. The first kappa shape index (κ1) is 13.7. The van der Waals surface area contributed by atoms with Gasteiger partial charge >= 0.3 is 5.92 Å². The SMILES string of the molecule is O=C1Nc2cnc(Cl)nc2N(c2ccccc2)CC1(F)F. The molecule has 0 aliphatic carbocycles. The minimum atomic E-state index is -3.57. The van der Waals surface area contributed by atoms with Crippen molar-refractivity contribution in [3.8, 4) is 0 Å². The number of alkyl halides is 2. The highest BCUT2D eigenvalue weighted by molar-refractivity contribution is 6.28. The molecule has 2 heterocycles. The molecule has 8 heteroatoms. The Kier molecular flexibility index (Phi) is 3.21. The number of benzene rings is 1. The summed E-state index contributed by atoms with van der Waals surface area (Å²) in [6.45, 7) is -0.830. The molecule has 1 aliphatic heterocycles. The third kappa shape index (κ3) is 2.52. The Hall–Kier alpha value is -2.28. The Bertz CT molecular complexity index is 696. The van der Waals surface area contributed by atoms with Crippen LogP contribution in [0.3, 0.4) is 0 Å². The molecule has 0 unspecified atom stereocenters. The average Bonchev–Trinajstić information content (AvgIpc) is 2.56. The minimum Gasteiger partial charge on any atom is -0.318 e. The van der Waals surface area contributed by atoms with Gasteiger partial charge in [-0.25, -0.2) is 4.98 Å². The summed E-state index contributed by atoms with van der Waals surface area (Å²) in [7, 11) is 0. The number of rotatable bonds is 1. The first-order valence-electron chi connectivity index (χ1n) is 6.02. The Labute approximate surface area is 123 Å². The van der Waals surface area contributed by atoms with E-state index < -0.39 is 18.4 Å². The molecule has 21 heavy (non-hydrogen) atoms. The number of anilines is 3. The molecule has 5 nitrogen and oxygen atoms in total. The fourth-order valence-electron chi connectivity index (χ4n) is 2.03. The number of carbonyl (C=O) groups is 1. The van der Waals surface area contributed by atoms with E-state index in [1.165, 1.54) is 11.1 Å². The Morgan fingerprint density at radius 3 is 2.71 bits per heavy atom. The normalized spacial score (nSPS) is 16.9. The van der Waals surface area contributed by atoms with Crippen LogP contribution >= 0.6 is 11.6 Å². The van der Waals surface area contributed by atoms with Crippen molar-refractivity contribution >= 4 is 34.7 Å². The van der Waals surface area contributed by atoms with Crippen LogP contribution in [0.4, 0.5) is 26.0 Å². The number of nitrogens with zero attached hydrogens (tertiary/aromatic N) is 3. The summed E-state index contributed by atoms with van der Waals surface area (Å²) in [6.07, 6.45) is 1.21. The zero-order chi connectivity index (χ0) is 15.0. The molecule has 0 bridgehead atoms. The molecule has 0 atom stereocenters. The van der Waals surface area contributed by atoms with Gasteiger partial charge in [0, 0.05) is 5.69 Å². The average molecular weight is 311 g/mol. The van der Waals surface area contributed by atoms with Crippen LogP contribution in [-0.2, 0) is 4.79 Å². The van der Waals surface area contributed by atoms with Crippen LogP contribution in [0.15, 0.2) is 36.5 Å². The Balaban J connectivity index is 2.17. The van der Waals surface area contributed by atoms with Crippen LogP contribution in [0.5, 0.6) is 0 Å². The predicted molar refractivity (Wildman–Crippen MR) is 74.1 cm³/mol. The molecule has 2 aromatic rings. The second-order valence-electron chi connectivity index (χ2n) is 4.46. The van der Waals surface area contributed by atoms with Crippen LogP contribution in [0.2, 0.25) is 5.28 Å². The number of fused-ring (bicyclic) bond motifs is 1. The zero-order valence-electron chi connectivity index (χ0n) is 10.6. The molecular weight excluding hydrogens is 302 g/mol. The molecule has 3 rings (SSSR count). The Morgan fingerprint density at radius 2 is 2.00 bits per heavy atom. The van der Waals surface area contributed by atoms with Gasteiger partial charge in [-0.05, 0) is 23.7 Å². The molecule has 1 aliphatic rings. The van der Waals surface area contributed by atoms with Gasteiger partial charge in [0.05, 0.1) is 12.7 Å². The van der Waals surface area contributed by atoms with Gasteiger partial charge in [0.1, 0.15) is 5.69 Å². The lowest BCUT2D eigenvalue weighted by atomic mass is 10.2. The maximum absolute atomic E-state index is 13.9. The van der Waals surface area contributed by atoms with Crippen molar-refractivity contribution in [2.24, 2.45) is 0 Å². The van der Waals surface area contributed by atoms with Crippen molar-refractivity contribution in [3.63, 3.8) is 0 Å². The third-order valence-corrected chi connectivity index (χ3v) is 3.18. The second-order valence-corrected chi connectivity index (χ2v) is 4.79. The van der Waals surface area contributed by atoms with Gasteiger partial charge in [0.25, 0.3) is 5.91 Å². The summed E-state index contributed by atoms with van der Waals surface area (Å²) >= 11 is 5.74. The molecule has 0 spiro atoms. The number of nitrogens with one attached hydrogen (secondary N) is 1. The van der Waals surface area contributed by atoms with Crippen LogP contribution in [0.1, 0.15) is 0 Å². The fraction of sp³-hybridized carbons (Fsp3) is 0.154. The smallest absolute Gasteiger partial charge is 0.318 e. The molecule has 1 aromatic carbocycles. The van der Waals surface area contributed by atoms with Gasteiger partial charge in [-0.1, -0.05) is 18.2 Å². The lowest BCUT2D eigenvalue weighted by Gasteiger charge is -2.24. The molecule has 0 radical (unpaired) electrons. The maximum Gasteiger partial charge on any atom is 0.342 e. The van der Waals surface area contributed by atoms with Gasteiger partial charge in [-0.15, -0.1) is 0 Å². The number of carbonyl (C=O) groups excluding carboxylic acids is 1. The highest BCUT2D eigenvalue weighted by atomic mass is 35.5. The van der Waals surface area contributed by atoms with Gasteiger partial charge in [0.2, 0.25) is 5.28 Å². The van der Waals surface area contributed by atoms with E-state index in [1.807, 2.05) is 0 Å². The van der Waals surface area contributed by atoms with E-state index in [0.29, 0.717) is 5.69 Å².